The van der Waals surface area contributed by atoms with E-state index in [0.717, 1.165) is 11.8 Å². The van der Waals surface area contributed by atoms with Gasteiger partial charge in [0, 0.05) is 24.0 Å². The van der Waals surface area contributed by atoms with E-state index in [-0.39, 0.29) is 5.91 Å². The van der Waals surface area contributed by atoms with Crippen LogP contribution in [0.2, 0.25) is 0 Å². The van der Waals surface area contributed by atoms with Crippen LogP contribution in [0.15, 0.2) is 48.5 Å². The molecule has 0 bridgehead atoms. The van der Waals surface area contributed by atoms with Crippen molar-refractivity contribution in [2.24, 2.45) is 0 Å². The highest BCUT2D eigenvalue weighted by Gasteiger charge is 2.13. The molecule has 0 heterocycles. The summed E-state index contributed by atoms with van der Waals surface area (Å²) < 4.78 is 24.7. The number of nitrogens with zero attached hydrogens (tertiary/aromatic N) is 1. The number of sulfonamides is 1. The average molecular weight is 318 g/mol. The maximum atomic E-state index is 12.4. The third kappa shape index (κ3) is 4.08. The van der Waals surface area contributed by atoms with E-state index in [9.17, 15) is 13.2 Å². The van der Waals surface area contributed by atoms with Crippen LogP contribution in [0.1, 0.15) is 15.9 Å². The summed E-state index contributed by atoms with van der Waals surface area (Å²) in [7, 11) is -1.62. The summed E-state index contributed by atoms with van der Waals surface area (Å²) in [5.74, 6) is -0.118. The van der Waals surface area contributed by atoms with Crippen molar-refractivity contribution < 1.29 is 13.2 Å². The molecule has 1 amide bonds. The molecule has 0 fully saturated rings. The minimum Gasteiger partial charge on any atom is -0.311 e. The minimum atomic E-state index is -3.30. The molecule has 0 saturated heterocycles. The van der Waals surface area contributed by atoms with E-state index < -0.39 is 10.0 Å². The predicted molar refractivity (Wildman–Crippen MR) is 88.8 cm³/mol. The Kier molecular flexibility index (Phi) is 4.51. The molecule has 22 heavy (non-hydrogen) atoms. The van der Waals surface area contributed by atoms with Crippen molar-refractivity contribution in [2.75, 3.05) is 22.9 Å². The van der Waals surface area contributed by atoms with E-state index in [1.165, 1.54) is 4.90 Å². The molecule has 2 aromatic rings. The number of nitrogens with one attached hydrogen (secondary N) is 1. The first-order valence-electron chi connectivity index (χ1n) is 6.69. The van der Waals surface area contributed by atoms with Gasteiger partial charge >= 0.3 is 0 Å². The van der Waals surface area contributed by atoms with E-state index in [1.807, 2.05) is 25.1 Å². The summed E-state index contributed by atoms with van der Waals surface area (Å²) in [6.07, 6.45) is 1.09. The van der Waals surface area contributed by atoms with Gasteiger partial charge < -0.3 is 4.90 Å². The minimum absolute atomic E-state index is 0.118. The Balaban J connectivity index is 2.19. The number of carbonyl (C=O) groups excluding carboxylic acids is 1. The Labute approximate surface area is 130 Å². The monoisotopic (exact) mass is 318 g/mol. The van der Waals surface area contributed by atoms with Crippen molar-refractivity contribution in [3.63, 3.8) is 0 Å². The van der Waals surface area contributed by atoms with E-state index in [0.29, 0.717) is 16.9 Å². The number of hydrogen-bond donors (Lipinski definition) is 1. The van der Waals surface area contributed by atoms with Crippen LogP contribution < -0.4 is 9.62 Å². The van der Waals surface area contributed by atoms with Gasteiger partial charge in [0.25, 0.3) is 5.91 Å². The number of rotatable bonds is 4. The molecule has 2 aromatic carbocycles. The van der Waals surface area contributed by atoms with E-state index in [1.54, 1.807) is 37.4 Å². The van der Waals surface area contributed by atoms with Crippen LogP contribution in [-0.2, 0) is 10.0 Å². The van der Waals surface area contributed by atoms with Gasteiger partial charge in [0.05, 0.1) is 6.26 Å². The lowest BCUT2D eigenvalue weighted by Gasteiger charge is -2.18. The summed E-state index contributed by atoms with van der Waals surface area (Å²) in [6.45, 7) is 1.93. The lowest BCUT2D eigenvalue weighted by molar-refractivity contribution is 0.0993. The predicted octanol–water partition coefficient (Wildman–Crippen LogP) is 2.64. The average Bonchev–Trinajstić information content (AvgIpc) is 2.45. The normalized spacial score (nSPS) is 11.0. The summed E-state index contributed by atoms with van der Waals surface area (Å²) in [6, 6.07) is 14.0. The van der Waals surface area contributed by atoms with Gasteiger partial charge in [0.2, 0.25) is 10.0 Å². The van der Waals surface area contributed by atoms with Crippen molar-refractivity contribution in [3.05, 3.63) is 59.7 Å². The number of aryl methyl sites for hydroxylation is 1. The Bertz CT molecular complexity index is 783. The quantitative estimate of drug-likeness (QED) is 0.942. The zero-order chi connectivity index (χ0) is 16.3. The third-order valence-electron chi connectivity index (χ3n) is 3.13. The molecule has 116 valence electrons. The third-order valence-corrected chi connectivity index (χ3v) is 3.73. The standard InChI is InChI=1S/C16H18N2O3S/c1-12-5-4-6-13(11-12)16(19)18(2)15-9-7-14(8-10-15)17-22(3,20)21/h4-11,17H,1-3H3. The first kappa shape index (κ1) is 16.0. The van der Waals surface area contributed by atoms with Crippen molar-refractivity contribution in [3.8, 4) is 0 Å². The molecule has 0 unspecified atom stereocenters. The van der Waals surface area contributed by atoms with Crippen LogP contribution in [-0.4, -0.2) is 27.6 Å². The molecule has 0 aliphatic heterocycles. The second-order valence-electron chi connectivity index (χ2n) is 5.15. The Morgan fingerprint density at radius 2 is 1.73 bits per heavy atom. The number of hydrogen-bond acceptors (Lipinski definition) is 3. The SMILES string of the molecule is Cc1cccc(C(=O)N(C)c2ccc(NS(C)(=O)=O)cc2)c1. The summed E-state index contributed by atoms with van der Waals surface area (Å²) >= 11 is 0. The van der Waals surface area contributed by atoms with Gasteiger partial charge in [-0.15, -0.1) is 0 Å². The molecule has 0 spiro atoms. The highest BCUT2D eigenvalue weighted by atomic mass is 32.2. The van der Waals surface area contributed by atoms with Crippen LogP contribution in [0.4, 0.5) is 11.4 Å². The van der Waals surface area contributed by atoms with Crippen LogP contribution in [0.3, 0.4) is 0 Å². The van der Waals surface area contributed by atoms with Crippen molar-refractivity contribution in [1.82, 2.24) is 0 Å². The first-order chi connectivity index (χ1) is 10.3. The summed E-state index contributed by atoms with van der Waals surface area (Å²) in [5, 5.41) is 0. The van der Waals surface area contributed by atoms with Gasteiger partial charge in [-0.25, -0.2) is 8.42 Å². The fourth-order valence-corrected chi connectivity index (χ4v) is 2.62. The smallest absolute Gasteiger partial charge is 0.258 e. The molecule has 0 atom stereocenters. The van der Waals surface area contributed by atoms with E-state index >= 15 is 0 Å². The van der Waals surface area contributed by atoms with E-state index in [2.05, 4.69) is 4.72 Å². The second-order valence-corrected chi connectivity index (χ2v) is 6.90. The van der Waals surface area contributed by atoms with Gasteiger partial charge in [0.1, 0.15) is 0 Å². The largest absolute Gasteiger partial charge is 0.311 e. The van der Waals surface area contributed by atoms with Crippen LogP contribution >= 0.6 is 0 Å². The molecule has 6 heteroatoms. The fraction of sp³-hybridized carbons (Fsp3) is 0.188. The lowest BCUT2D eigenvalue weighted by atomic mass is 10.1. The van der Waals surface area contributed by atoms with Gasteiger partial charge in [-0.2, -0.15) is 0 Å². The van der Waals surface area contributed by atoms with Crippen LogP contribution in [0.5, 0.6) is 0 Å². The molecular formula is C16H18N2O3S. The zero-order valence-corrected chi connectivity index (χ0v) is 13.5. The maximum Gasteiger partial charge on any atom is 0.258 e. The Morgan fingerprint density at radius 1 is 1.09 bits per heavy atom. The zero-order valence-electron chi connectivity index (χ0n) is 12.7. The van der Waals surface area contributed by atoms with Gasteiger partial charge in [-0.3, -0.25) is 9.52 Å². The maximum absolute atomic E-state index is 12.4. The van der Waals surface area contributed by atoms with Crippen molar-refractivity contribution >= 4 is 27.3 Å². The topological polar surface area (TPSA) is 66.5 Å². The Hall–Kier alpha value is -2.34. The number of carbonyl (C=O) groups is 1. The Morgan fingerprint density at radius 3 is 2.27 bits per heavy atom. The number of anilines is 2. The molecule has 0 aliphatic carbocycles. The number of benzene rings is 2. The molecule has 0 aromatic heterocycles. The van der Waals surface area contributed by atoms with E-state index in [4.69, 9.17) is 0 Å². The molecule has 5 nitrogen and oxygen atoms in total. The van der Waals surface area contributed by atoms with Crippen molar-refractivity contribution in [1.29, 1.82) is 0 Å². The molecule has 2 rings (SSSR count). The van der Waals surface area contributed by atoms with Crippen LogP contribution in [0.25, 0.3) is 0 Å². The highest BCUT2D eigenvalue weighted by molar-refractivity contribution is 7.92. The van der Waals surface area contributed by atoms with Crippen molar-refractivity contribution in [2.45, 2.75) is 6.92 Å². The molecule has 0 saturated carbocycles. The molecular weight excluding hydrogens is 300 g/mol. The summed E-state index contributed by atoms with van der Waals surface area (Å²) in [4.78, 5) is 14.0. The number of amides is 1. The van der Waals surface area contributed by atoms with Gasteiger partial charge in [-0.1, -0.05) is 17.7 Å². The molecule has 0 aliphatic rings. The second kappa shape index (κ2) is 6.19. The first-order valence-corrected chi connectivity index (χ1v) is 8.58. The fourth-order valence-electron chi connectivity index (χ4n) is 2.06. The molecule has 0 radical (unpaired) electrons. The molecule has 1 N–H and O–H groups in total. The summed E-state index contributed by atoms with van der Waals surface area (Å²) in [5.41, 5.74) is 2.78. The van der Waals surface area contributed by atoms with Gasteiger partial charge in [0.15, 0.2) is 0 Å². The van der Waals surface area contributed by atoms with Gasteiger partial charge in [-0.05, 0) is 43.3 Å². The highest BCUT2D eigenvalue weighted by Crippen LogP contribution is 2.19. The lowest BCUT2D eigenvalue weighted by Crippen LogP contribution is -2.26. The van der Waals surface area contributed by atoms with Crippen LogP contribution in [0, 0.1) is 6.92 Å².